The zero-order valence-electron chi connectivity index (χ0n) is 7.81. The molecule has 0 unspecified atom stereocenters. The van der Waals surface area contributed by atoms with E-state index in [-0.39, 0.29) is 0 Å². The summed E-state index contributed by atoms with van der Waals surface area (Å²) < 4.78 is 22.7. The Hall–Kier alpha value is 0.937. The van der Waals surface area contributed by atoms with E-state index < -0.39 is 37.8 Å². The van der Waals surface area contributed by atoms with E-state index in [4.69, 9.17) is 0 Å². The van der Waals surface area contributed by atoms with Gasteiger partial charge in [0.25, 0.3) is 0 Å². The molecule has 0 saturated heterocycles. The van der Waals surface area contributed by atoms with E-state index in [0.717, 1.165) is 0 Å². The number of hydrogen-bond acceptors (Lipinski definition) is 3. The fourth-order valence-electron chi connectivity index (χ4n) is 0.653. The maximum atomic E-state index is 9.32. The van der Waals surface area contributed by atoms with Crippen LogP contribution >= 0.6 is 0 Å². The van der Waals surface area contributed by atoms with E-state index in [9.17, 15) is 6.80 Å². The van der Waals surface area contributed by atoms with E-state index in [0.29, 0.717) is 0 Å². The standard InChI is InChI=1S/2C5H5.3O.2W/c2*1-2-4-5-3-1;;;;;/h2*1-5H;;;;;. The molecule has 2 saturated carbocycles. The second-order valence-corrected chi connectivity index (χ2v) is 7.60. The van der Waals surface area contributed by atoms with E-state index in [1.807, 2.05) is 64.2 Å². The molecule has 0 aromatic heterocycles. The number of rotatable bonds is 2. The predicted molar refractivity (Wildman–Crippen MR) is 45.5 cm³/mol. The van der Waals surface area contributed by atoms with Gasteiger partial charge in [0, 0.05) is 0 Å². The van der Waals surface area contributed by atoms with Crippen LogP contribution in [0.3, 0.4) is 0 Å². The van der Waals surface area contributed by atoms with Crippen LogP contribution in [0.2, 0.25) is 0 Å². The molecule has 0 N–H and O–H groups in total. The number of hydrogen-bond donors (Lipinski definition) is 0. The summed E-state index contributed by atoms with van der Waals surface area (Å²) in [5, 5.41) is 0. The van der Waals surface area contributed by atoms with E-state index >= 15 is 0 Å². The molecule has 80 valence electrons. The van der Waals surface area contributed by atoms with Crippen molar-refractivity contribution in [2.75, 3.05) is 0 Å². The van der Waals surface area contributed by atoms with E-state index in [2.05, 4.69) is 2.04 Å². The van der Waals surface area contributed by atoms with Gasteiger partial charge < -0.3 is 0 Å². The van der Waals surface area contributed by atoms with Crippen LogP contribution in [-0.2, 0) is 46.7 Å². The van der Waals surface area contributed by atoms with Gasteiger partial charge in [0.05, 0.1) is 0 Å². The SMILES string of the molecule is [CH]1[CH][CH][CH][CH]1.[CH]1[CH][CH][CH][CH]1.[O]=[W][O][W]=[O]. The van der Waals surface area contributed by atoms with Crippen molar-refractivity contribution >= 4 is 0 Å². The van der Waals surface area contributed by atoms with Crippen molar-refractivity contribution in [3.8, 4) is 0 Å². The Labute approximate surface area is 110 Å². The molecule has 10 radical (unpaired) electrons. The van der Waals surface area contributed by atoms with E-state index in [1.165, 1.54) is 0 Å². The van der Waals surface area contributed by atoms with Gasteiger partial charge in [-0.2, -0.15) is 0 Å². The van der Waals surface area contributed by atoms with Gasteiger partial charge in [0.1, 0.15) is 0 Å². The maximum absolute atomic E-state index is 9.32. The Morgan fingerprint density at radius 1 is 0.533 bits per heavy atom. The van der Waals surface area contributed by atoms with Gasteiger partial charge in [0.2, 0.25) is 0 Å². The molecule has 0 aromatic carbocycles. The minimum absolute atomic E-state index is 1.76. The Morgan fingerprint density at radius 3 is 0.800 bits per heavy atom. The topological polar surface area (TPSA) is 43.4 Å². The monoisotopic (exact) mass is 546 g/mol. The molecule has 0 amide bonds. The van der Waals surface area contributed by atoms with Gasteiger partial charge in [-0.25, -0.2) is 0 Å². The van der Waals surface area contributed by atoms with Crippen molar-refractivity contribution in [2.24, 2.45) is 0 Å². The first-order valence-electron chi connectivity index (χ1n) is 4.00. The van der Waals surface area contributed by atoms with Crippen molar-refractivity contribution in [2.45, 2.75) is 0 Å². The van der Waals surface area contributed by atoms with Crippen molar-refractivity contribution in [3.05, 3.63) is 64.2 Å². The second-order valence-electron chi connectivity index (χ2n) is 2.13. The summed E-state index contributed by atoms with van der Waals surface area (Å²) in [6.07, 6.45) is 20.0. The third-order valence-electron chi connectivity index (χ3n) is 1.17. The summed E-state index contributed by atoms with van der Waals surface area (Å²) in [5.74, 6) is 0. The van der Waals surface area contributed by atoms with Crippen LogP contribution in [0, 0.1) is 64.2 Å². The summed E-state index contributed by atoms with van der Waals surface area (Å²) in [5.41, 5.74) is 0. The first-order valence-corrected chi connectivity index (χ1v) is 8.79. The molecule has 3 nitrogen and oxygen atoms in total. The van der Waals surface area contributed by atoms with Crippen LogP contribution in [0.15, 0.2) is 0 Å². The molecule has 2 fully saturated rings. The summed E-state index contributed by atoms with van der Waals surface area (Å²) in [7, 11) is 0. The molecule has 2 rings (SSSR count). The molecule has 15 heavy (non-hydrogen) atoms. The average molecular weight is 546 g/mol. The molecule has 0 heterocycles. The minimum atomic E-state index is -1.76. The van der Waals surface area contributed by atoms with Crippen molar-refractivity contribution < 1.29 is 46.7 Å². The molecule has 5 heteroatoms. The predicted octanol–water partition coefficient (Wildman–Crippen LogP) is 1.73. The van der Waals surface area contributed by atoms with Gasteiger partial charge in [-0.3, -0.25) is 0 Å². The van der Waals surface area contributed by atoms with Gasteiger partial charge in [0.15, 0.2) is 0 Å². The van der Waals surface area contributed by atoms with Crippen LogP contribution in [0.25, 0.3) is 0 Å². The quantitative estimate of drug-likeness (QED) is 0.531. The van der Waals surface area contributed by atoms with Gasteiger partial charge in [-0.15, -0.1) is 0 Å². The van der Waals surface area contributed by atoms with Gasteiger partial charge >= 0.3 is 46.7 Å². The Bertz CT molecular complexity index is 114. The van der Waals surface area contributed by atoms with Crippen LogP contribution in [-0.4, -0.2) is 0 Å². The Balaban J connectivity index is 0.000000196. The van der Waals surface area contributed by atoms with Crippen LogP contribution < -0.4 is 0 Å². The zero-order chi connectivity index (χ0) is 11.2. The van der Waals surface area contributed by atoms with Crippen LogP contribution in [0.4, 0.5) is 0 Å². The summed E-state index contributed by atoms with van der Waals surface area (Å²) in [6.45, 7) is 0. The van der Waals surface area contributed by atoms with Gasteiger partial charge in [-0.1, -0.05) is 0 Å². The summed E-state index contributed by atoms with van der Waals surface area (Å²) >= 11 is -3.52. The van der Waals surface area contributed by atoms with Crippen molar-refractivity contribution in [3.63, 3.8) is 0 Å². The Morgan fingerprint density at radius 2 is 0.733 bits per heavy atom. The first kappa shape index (κ1) is 15.9. The van der Waals surface area contributed by atoms with Gasteiger partial charge in [-0.05, 0) is 64.2 Å². The molecular weight excluding hydrogens is 536 g/mol. The molecule has 0 aromatic rings. The molecule has 0 spiro atoms. The summed E-state index contributed by atoms with van der Waals surface area (Å²) in [4.78, 5) is 0. The van der Waals surface area contributed by atoms with Crippen molar-refractivity contribution in [1.29, 1.82) is 0 Å². The van der Waals surface area contributed by atoms with Crippen molar-refractivity contribution in [1.82, 2.24) is 0 Å². The Kier molecular flexibility index (Phi) is 15.9. The molecule has 0 bridgehead atoms. The molecule has 2 aliphatic carbocycles. The molecular formula is C10H10O3W2. The third-order valence-corrected chi connectivity index (χ3v) is 4.83. The summed E-state index contributed by atoms with van der Waals surface area (Å²) in [6, 6.07) is 0. The fraction of sp³-hybridized carbons (Fsp3) is 0. The van der Waals surface area contributed by atoms with Crippen LogP contribution in [0.1, 0.15) is 0 Å². The third kappa shape index (κ3) is 14.9. The first-order chi connectivity index (χ1) is 7.41. The normalized spacial score (nSPS) is 18.1. The average Bonchev–Trinajstić information content (AvgIpc) is 2.99. The molecule has 2 aliphatic rings. The van der Waals surface area contributed by atoms with E-state index in [1.54, 1.807) is 0 Å². The second kappa shape index (κ2) is 14.9. The molecule has 0 aliphatic heterocycles. The zero-order valence-corrected chi connectivity index (χ0v) is 13.7. The van der Waals surface area contributed by atoms with Crippen LogP contribution in [0.5, 0.6) is 0 Å². The molecule has 0 atom stereocenters. The fourth-order valence-corrected chi connectivity index (χ4v) is 1.40.